The zero-order chi connectivity index (χ0) is 12.4. The second-order valence-electron chi connectivity index (χ2n) is 5.19. The van der Waals surface area contributed by atoms with Crippen LogP contribution in [0.2, 0.25) is 5.02 Å². The van der Waals surface area contributed by atoms with Crippen LogP contribution in [0.3, 0.4) is 0 Å². The molecular weight excluding hydrogens is 236 g/mol. The molecule has 1 aliphatic carbocycles. The lowest BCUT2D eigenvalue weighted by molar-refractivity contribution is 0.364. The molecule has 0 bridgehead atoms. The van der Waals surface area contributed by atoms with Crippen molar-refractivity contribution in [3.63, 3.8) is 0 Å². The van der Waals surface area contributed by atoms with E-state index in [0.29, 0.717) is 5.02 Å². The summed E-state index contributed by atoms with van der Waals surface area (Å²) in [4.78, 5) is 2.13. The van der Waals surface area contributed by atoms with Crippen molar-refractivity contribution in [1.82, 2.24) is 14.7 Å². The number of halogens is 1. The van der Waals surface area contributed by atoms with Gasteiger partial charge in [0.05, 0.1) is 23.5 Å². The average molecular weight is 257 g/mol. The van der Waals surface area contributed by atoms with Gasteiger partial charge >= 0.3 is 0 Å². The van der Waals surface area contributed by atoms with Gasteiger partial charge < -0.3 is 10.6 Å². The molecule has 0 saturated heterocycles. The zero-order valence-corrected chi connectivity index (χ0v) is 11.3. The van der Waals surface area contributed by atoms with E-state index in [1.165, 1.54) is 12.8 Å². The van der Waals surface area contributed by atoms with Crippen molar-refractivity contribution in [3.8, 4) is 0 Å². The summed E-state index contributed by atoms with van der Waals surface area (Å²) in [6.45, 7) is 1.79. The fraction of sp³-hybridized carbons (Fsp3) is 0.750. The monoisotopic (exact) mass is 256 g/mol. The lowest BCUT2D eigenvalue weighted by Crippen LogP contribution is -2.23. The third-order valence-corrected chi connectivity index (χ3v) is 3.52. The minimum absolute atomic E-state index is 0.0275. The molecule has 4 nitrogen and oxygen atoms in total. The molecule has 1 atom stereocenters. The molecule has 2 rings (SSSR count). The van der Waals surface area contributed by atoms with Crippen molar-refractivity contribution < 1.29 is 0 Å². The third-order valence-electron chi connectivity index (χ3n) is 3.23. The Morgan fingerprint density at radius 1 is 1.59 bits per heavy atom. The summed E-state index contributed by atoms with van der Waals surface area (Å²) in [5, 5.41) is 5.02. The van der Waals surface area contributed by atoms with Gasteiger partial charge in [0, 0.05) is 12.6 Å². The largest absolute Gasteiger partial charge is 0.323 e. The van der Waals surface area contributed by atoms with Crippen LogP contribution in [-0.2, 0) is 6.54 Å². The molecule has 1 heterocycles. The van der Waals surface area contributed by atoms with Gasteiger partial charge in [-0.25, -0.2) is 0 Å². The molecule has 1 aliphatic rings. The number of hydrogen-bond donors (Lipinski definition) is 1. The second-order valence-corrected chi connectivity index (χ2v) is 5.60. The van der Waals surface area contributed by atoms with Gasteiger partial charge in [-0.2, -0.15) is 5.10 Å². The highest BCUT2D eigenvalue weighted by Gasteiger charge is 2.27. The number of nitrogens with two attached hydrogens (primary N) is 1. The van der Waals surface area contributed by atoms with E-state index in [1.54, 1.807) is 6.20 Å². The highest BCUT2D eigenvalue weighted by atomic mass is 35.5. The van der Waals surface area contributed by atoms with E-state index in [9.17, 15) is 0 Å². The fourth-order valence-electron chi connectivity index (χ4n) is 2.04. The third kappa shape index (κ3) is 3.44. The molecule has 0 amide bonds. The summed E-state index contributed by atoms with van der Waals surface area (Å²) in [5.41, 5.74) is 7.23. The standard InChI is InChI=1S/C12H21ClN4/c1-16(2)5-6-17-12(10(13)8-15-17)11(14)7-9-3-4-9/h8-9,11H,3-7,14H2,1-2H3. The summed E-state index contributed by atoms with van der Waals surface area (Å²) < 4.78 is 1.95. The van der Waals surface area contributed by atoms with Crippen LogP contribution in [0.15, 0.2) is 6.20 Å². The van der Waals surface area contributed by atoms with Gasteiger partial charge in [0.2, 0.25) is 0 Å². The van der Waals surface area contributed by atoms with Crippen molar-refractivity contribution >= 4 is 11.6 Å². The molecule has 0 radical (unpaired) electrons. The summed E-state index contributed by atoms with van der Waals surface area (Å²) in [6, 6.07) is 0.0275. The average Bonchev–Trinajstić information content (AvgIpc) is 2.97. The van der Waals surface area contributed by atoms with Gasteiger partial charge in [0.25, 0.3) is 0 Å². The fourth-order valence-corrected chi connectivity index (χ4v) is 2.32. The van der Waals surface area contributed by atoms with Gasteiger partial charge in [-0.1, -0.05) is 24.4 Å². The Kier molecular flexibility index (Phi) is 4.07. The van der Waals surface area contributed by atoms with Crippen LogP contribution < -0.4 is 5.73 Å². The number of likely N-dealkylation sites (N-methyl/N-ethyl adjacent to an activating group) is 1. The first-order valence-electron chi connectivity index (χ1n) is 6.19. The van der Waals surface area contributed by atoms with E-state index in [0.717, 1.165) is 31.1 Å². The smallest absolute Gasteiger partial charge is 0.0834 e. The van der Waals surface area contributed by atoms with E-state index >= 15 is 0 Å². The lowest BCUT2D eigenvalue weighted by Gasteiger charge is -2.16. The molecule has 1 saturated carbocycles. The van der Waals surface area contributed by atoms with Crippen LogP contribution >= 0.6 is 11.6 Å². The van der Waals surface area contributed by atoms with Crippen molar-refractivity contribution in [2.75, 3.05) is 20.6 Å². The maximum atomic E-state index is 6.23. The molecule has 1 aromatic rings. The highest BCUT2D eigenvalue weighted by Crippen LogP contribution is 2.37. The number of nitrogens with zero attached hydrogens (tertiary/aromatic N) is 3. The Hall–Kier alpha value is -0.580. The van der Waals surface area contributed by atoms with E-state index < -0.39 is 0 Å². The topological polar surface area (TPSA) is 47.1 Å². The van der Waals surface area contributed by atoms with Crippen LogP contribution in [0.5, 0.6) is 0 Å². The van der Waals surface area contributed by atoms with Crippen molar-refractivity contribution in [3.05, 3.63) is 16.9 Å². The Morgan fingerprint density at radius 3 is 2.88 bits per heavy atom. The molecule has 2 N–H and O–H groups in total. The van der Waals surface area contributed by atoms with Crippen LogP contribution in [0, 0.1) is 5.92 Å². The Balaban J connectivity index is 2.04. The van der Waals surface area contributed by atoms with Gasteiger partial charge in [0.1, 0.15) is 0 Å². The van der Waals surface area contributed by atoms with Crippen LogP contribution in [0.1, 0.15) is 31.0 Å². The number of hydrogen-bond acceptors (Lipinski definition) is 3. The minimum atomic E-state index is 0.0275. The molecule has 5 heteroatoms. The molecule has 0 aliphatic heterocycles. The first-order chi connectivity index (χ1) is 8.08. The molecule has 96 valence electrons. The van der Waals surface area contributed by atoms with Crippen molar-refractivity contribution in [2.24, 2.45) is 11.7 Å². The highest BCUT2D eigenvalue weighted by molar-refractivity contribution is 6.31. The Labute approximate surface area is 108 Å². The molecule has 17 heavy (non-hydrogen) atoms. The molecule has 1 aromatic heterocycles. The zero-order valence-electron chi connectivity index (χ0n) is 10.6. The van der Waals surface area contributed by atoms with Crippen LogP contribution in [0.25, 0.3) is 0 Å². The van der Waals surface area contributed by atoms with E-state index in [-0.39, 0.29) is 6.04 Å². The Morgan fingerprint density at radius 2 is 2.29 bits per heavy atom. The quantitative estimate of drug-likeness (QED) is 0.846. The van der Waals surface area contributed by atoms with Crippen molar-refractivity contribution in [1.29, 1.82) is 0 Å². The van der Waals surface area contributed by atoms with E-state index in [2.05, 4.69) is 24.1 Å². The molecule has 1 fully saturated rings. The van der Waals surface area contributed by atoms with Gasteiger partial charge in [-0.05, 0) is 26.4 Å². The number of rotatable bonds is 6. The first-order valence-corrected chi connectivity index (χ1v) is 6.57. The summed E-state index contributed by atoms with van der Waals surface area (Å²) in [6.07, 6.45) is 5.38. The van der Waals surface area contributed by atoms with Gasteiger partial charge in [-0.15, -0.1) is 0 Å². The maximum absolute atomic E-state index is 6.23. The van der Waals surface area contributed by atoms with Crippen LogP contribution in [-0.4, -0.2) is 35.3 Å². The van der Waals surface area contributed by atoms with E-state index in [4.69, 9.17) is 17.3 Å². The SMILES string of the molecule is CN(C)CCn1ncc(Cl)c1C(N)CC1CC1. The lowest BCUT2D eigenvalue weighted by atomic mass is 10.1. The molecular formula is C12H21ClN4. The van der Waals surface area contributed by atoms with Crippen molar-refractivity contribution in [2.45, 2.75) is 31.8 Å². The molecule has 0 spiro atoms. The Bertz CT molecular complexity index is 371. The first kappa shape index (κ1) is 12.9. The second kappa shape index (κ2) is 5.38. The minimum Gasteiger partial charge on any atom is -0.323 e. The predicted octanol–water partition coefficient (Wildman–Crippen LogP) is 1.90. The van der Waals surface area contributed by atoms with Crippen LogP contribution in [0.4, 0.5) is 0 Å². The predicted molar refractivity (Wildman–Crippen MR) is 70.1 cm³/mol. The van der Waals surface area contributed by atoms with E-state index in [1.807, 2.05) is 4.68 Å². The number of aromatic nitrogens is 2. The summed E-state index contributed by atoms with van der Waals surface area (Å²) in [7, 11) is 4.10. The molecule has 0 aromatic carbocycles. The van der Waals surface area contributed by atoms with Gasteiger partial charge in [-0.3, -0.25) is 4.68 Å². The maximum Gasteiger partial charge on any atom is 0.0834 e. The summed E-state index contributed by atoms with van der Waals surface area (Å²) in [5.74, 6) is 0.804. The summed E-state index contributed by atoms with van der Waals surface area (Å²) >= 11 is 6.18. The molecule has 1 unspecified atom stereocenters. The normalized spacial score (nSPS) is 17.7. The van der Waals surface area contributed by atoms with Gasteiger partial charge in [0.15, 0.2) is 0 Å².